The van der Waals surface area contributed by atoms with Gasteiger partial charge in [-0.3, -0.25) is 14.4 Å². The molecular weight excluding hydrogens is 592 g/mol. The van der Waals surface area contributed by atoms with Gasteiger partial charge in [-0.05, 0) is 72.7 Å². The van der Waals surface area contributed by atoms with Gasteiger partial charge in [0.1, 0.15) is 0 Å². The van der Waals surface area contributed by atoms with E-state index in [2.05, 4.69) is 20.9 Å². The highest BCUT2D eigenvalue weighted by Crippen LogP contribution is 2.50. The van der Waals surface area contributed by atoms with Gasteiger partial charge < -0.3 is 30.2 Å². The molecule has 1 aliphatic rings. The number of hydrogen-bond acceptors (Lipinski definition) is 9. The summed E-state index contributed by atoms with van der Waals surface area (Å²) in [4.78, 5) is 42.5. The number of anilines is 2. The molecule has 11 heteroatoms. The maximum atomic E-state index is 13.5. The van der Waals surface area contributed by atoms with Crippen LogP contribution in [0.2, 0.25) is 0 Å². The van der Waals surface area contributed by atoms with Crippen LogP contribution in [0.15, 0.2) is 53.3 Å². The number of nitrogens with zero attached hydrogens (tertiary/aromatic N) is 1. The Morgan fingerprint density at radius 3 is 2.51 bits per heavy atom. The van der Waals surface area contributed by atoms with Crippen LogP contribution in [0.3, 0.4) is 0 Å². The Hall–Kier alpha value is -4.64. The minimum Gasteiger partial charge on any atom is -0.493 e. The normalized spacial score (nSPS) is 13.6. The molecule has 1 heterocycles. The highest BCUT2D eigenvalue weighted by Gasteiger charge is 2.29. The second kappa shape index (κ2) is 14.4. The zero-order valence-corrected chi connectivity index (χ0v) is 26.8. The standard InChI is InChI=1S/C34H38N4O6S/c1-20(39)36-24-15-13-21-18-28(42-2)32(43-3)33(44-4)31(21)22-14-16-25(27(40)19-23(22)24)35-17-9-5-6-12-30(41)38-34-37-26-10-7-8-11-29(26)45-34/h7-8,10-11,14,16,18-19,24H,5-6,9,12-13,15,17H2,1-4H3,(H,35,40)(H,36,39)(H,37,38,41)/t24-/m1/s1. The van der Waals surface area contributed by atoms with Gasteiger partial charge in [0.2, 0.25) is 23.0 Å². The fourth-order valence-electron chi connectivity index (χ4n) is 5.77. The third-order valence-corrected chi connectivity index (χ3v) is 8.80. The molecule has 4 aromatic rings. The summed E-state index contributed by atoms with van der Waals surface area (Å²) in [6.45, 7) is 2.05. The lowest BCUT2D eigenvalue weighted by Gasteiger charge is -2.19. The summed E-state index contributed by atoms with van der Waals surface area (Å²) in [5, 5.41) is 9.81. The topological polar surface area (TPSA) is 128 Å². The van der Waals surface area contributed by atoms with Crippen LogP contribution in [0.1, 0.15) is 56.2 Å². The summed E-state index contributed by atoms with van der Waals surface area (Å²) in [5.74, 6) is 1.29. The number of unbranched alkanes of at least 4 members (excludes halogenated alkanes) is 2. The molecule has 0 unspecified atom stereocenters. The van der Waals surface area contributed by atoms with Gasteiger partial charge in [-0.1, -0.05) is 36.0 Å². The number of aryl methyl sites for hydroxylation is 1. The molecule has 0 saturated carbocycles. The maximum Gasteiger partial charge on any atom is 0.226 e. The van der Waals surface area contributed by atoms with Crippen LogP contribution in [0, 0.1) is 0 Å². The number of aromatic nitrogens is 1. The van der Waals surface area contributed by atoms with E-state index in [9.17, 15) is 14.4 Å². The van der Waals surface area contributed by atoms with Crippen molar-refractivity contribution in [2.45, 2.75) is 51.5 Å². The number of thiazole rings is 1. The first-order valence-electron chi connectivity index (χ1n) is 15.0. The molecule has 0 bridgehead atoms. The molecule has 236 valence electrons. The van der Waals surface area contributed by atoms with Gasteiger partial charge in [0.25, 0.3) is 0 Å². The first kappa shape index (κ1) is 31.8. The zero-order valence-electron chi connectivity index (χ0n) is 26.0. The van der Waals surface area contributed by atoms with E-state index in [0.717, 1.165) is 46.2 Å². The van der Waals surface area contributed by atoms with E-state index < -0.39 is 0 Å². The second-order valence-electron chi connectivity index (χ2n) is 10.9. The van der Waals surface area contributed by atoms with Crippen LogP contribution in [0.4, 0.5) is 10.8 Å². The summed E-state index contributed by atoms with van der Waals surface area (Å²) < 4.78 is 18.1. The molecule has 10 nitrogen and oxygen atoms in total. The molecule has 1 aromatic heterocycles. The maximum absolute atomic E-state index is 13.5. The summed E-state index contributed by atoms with van der Waals surface area (Å²) >= 11 is 1.46. The fourth-order valence-corrected chi connectivity index (χ4v) is 6.65. The van der Waals surface area contributed by atoms with Crippen molar-refractivity contribution in [2.24, 2.45) is 0 Å². The van der Waals surface area contributed by atoms with E-state index in [0.29, 0.717) is 59.4 Å². The largest absolute Gasteiger partial charge is 0.493 e. The molecule has 1 atom stereocenters. The lowest BCUT2D eigenvalue weighted by Crippen LogP contribution is -2.26. The second-order valence-corrected chi connectivity index (χ2v) is 11.9. The number of rotatable bonds is 12. The molecule has 0 aliphatic heterocycles. The van der Waals surface area contributed by atoms with Crippen LogP contribution < -0.4 is 35.6 Å². The van der Waals surface area contributed by atoms with Gasteiger partial charge in [-0.15, -0.1) is 0 Å². The number of carbonyl (C=O) groups is 2. The smallest absolute Gasteiger partial charge is 0.226 e. The van der Waals surface area contributed by atoms with Gasteiger partial charge in [-0.25, -0.2) is 4.98 Å². The molecule has 0 fully saturated rings. The van der Waals surface area contributed by atoms with Crippen LogP contribution in [0.5, 0.6) is 17.2 Å². The Morgan fingerprint density at radius 2 is 1.78 bits per heavy atom. The molecule has 0 radical (unpaired) electrons. The number of nitrogens with one attached hydrogen (secondary N) is 3. The van der Waals surface area contributed by atoms with Crippen molar-refractivity contribution < 1.29 is 23.8 Å². The third-order valence-electron chi connectivity index (χ3n) is 7.85. The molecule has 3 aromatic carbocycles. The molecule has 1 aliphatic carbocycles. The van der Waals surface area contributed by atoms with Gasteiger partial charge in [-0.2, -0.15) is 0 Å². The van der Waals surface area contributed by atoms with Crippen molar-refractivity contribution in [1.29, 1.82) is 0 Å². The summed E-state index contributed by atoms with van der Waals surface area (Å²) in [6, 6.07) is 14.6. The average Bonchev–Trinajstić information content (AvgIpc) is 3.29. The van der Waals surface area contributed by atoms with E-state index in [1.54, 1.807) is 33.5 Å². The number of benzene rings is 2. The van der Waals surface area contributed by atoms with Crippen LogP contribution >= 0.6 is 11.3 Å². The number of methoxy groups -OCH3 is 3. The average molecular weight is 631 g/mol. The number of ether oxygens (including phenoxy) is 3. The molecule has 45 heavy (non-hydrogen) atoms. The third kappa shape index (κ3) is 7.20. The van der Waals surface area contributed by atoms with Gasteiger partial charge in [0.05, 0.1) is 43.3 Å². The van der Waals surface area contributed by atoms with Gasteiger partial charge in [0.15, 0.2) is 16.6 Å². The minimum absolute atomic E-state index is 0.0564. The Labute approximate surface area is 266 Å². The molecule has 2 amide bonds. The predicted octanol–water partition coefficient (Wildman–Crippen LogP) is 6.08. The number of amides is 2. The SMILES string of the molecule is COc1cc2c(c(OC)c1OC)-c1ccc(NCCCCCC(=O)Nc3nc4ccccc4s3)c(=O)cc1[C@H](NC(C)=O)CC2. The first-order valence-corrected chi connectivity index (χ1v) is 15.8. The zero-order chi connectivity index (χ0) is 31.9. The monoisotopic (exact) mass is 630 g/mol. The minimum atomic E-state index is -0.367. The lowest BCUT2D eigenvalue weighted by molar-refractivity contribution is -0.119. The van der Waals surface area contributed by atoms with Crippen molar-refractivity contribution >= 4 is 44.2 Å². The highest BCUT2D eigenvalue weighted by atomic mass is 32.1. The first-order chi connectivity index (χ1) is 21.8. The summed E-state index contributed by atoms with van der Waals surface area (Å²) in [5.41, 5.74) is 4.43. The van der Waals surface area contributed by atoms with Crippen molar-refractivity contribution in [2.75, 3.05) is 38.5 Å². The Bertz CT molecular complexity index is 1740. The predicted molar refractivity (Wildman–Crippen MR) is 178 cm³/mol. The molecule has 0 saturated heterocycles. The van der Waals surface area contributed by atoms with E-state index in [1.807, 2.05) is 36.4 Å². The lowest BCUT2D eigenvalue weighted by atomic mass is 9.95. The van der Waals surface area contributed by atoms with E-state index >= 15 is 0 Å². The van der Waals surface area contributed by atoms with Crippen molar-refractivity contribution in [3.63, 3.8) is 0 Å². The van der Waals surface area contributed by atoms with Gasteiger partial charge in [0, 0.05) is 25.5 Å². The number of carbonyl (C=O) groups excluding carboxylic acids is 2. The fraction of sp³-hybridized carbons (Fsp3) is 0.353. The van der Waals surface area contributed by atoms with E-state index in [-0.39, 0.29) is 23.3 Å². The summed E-state index contributed by atoms with van der Waals surface area (Å²) in [7, 11) is 4.71. The van der Waals surface area contributed by atoms with Crippen molar-refractivity contribution in [3.8, 4) is 28.4 Å². The van der Waals surface area contributed by atoms with E-state index in [4.69, 9.17) is 14.2 Å². The van der Waals surface area contributed by atoms with Crippen molar-refractivity contribution in [1.82, 2.24) is 10.3 Å². The highest BCUT2D eigenvalue weighted by molar-refractivity contribution is 7.22. The quantitative estimate of drug-likeness (QED) is 0.161. The van der Waals surface area contributed by atoms with Gasteiger partial charge >= 0.3 is 0 Å². The van der Waals surface area contributed by atoms with Crippen LogP contribution in [-0.4, -0.2) is 44.7 Å². The Morgan fingerprint density at radius 1 is 0.978 bits per heavy atom. The molecule has 5 rings (SSSR count). The van der Waals surface area contributed by atoms with E-state index in [1.165, 1.54) is 18.3 Å². The Balaban J connectivity index is 1.28. The van der Waals surface area contributed by atoms with Crippen LogP contribution in [0.25, 0.3) is 21.3 Å². The molecular formula is C34H38N4O6S. The summed E-state index contributed by atoms with van der Waals surface area (Å²) in [6.07, 6.45) is 3.95. The number of fused-ring (bicyclic) bond motifs is 4. The number of hydrogen-bond donors (Lipinski definition) is 3. The molecule has 3 N–H and O–H groups in total. The van der Waals surface area contributed by atoms with Crippen molar-refractivity contribution in [3.05, 3.63) is 69.9 Å². The molecule has 0 spiro atoms. The van der Waals surface area contributed by atoms with Crippen LogP contribution in [-0.2, 0) is 16.0 Å². The number of para-hydroxylation sites is 1. The Kier molecular flexibility index (Phi) is 10.2.